The number of piperazine rings is 1. The van der Waals surface area contributed by atoms with Crippen LogP contribution in [-0.2, 0) is 4.79 Å². The Kier molecular flexibility index (Phi) is 8.32. The summed E-state index contributed by atoms with van der Waals surface area (Å²) in [6.07, 6.45) is 1.17. The van der Waals surface area contributed by atoms with Crippen molar-refractivity contribution in [3.63, 3.8) is 0 Å². The van der Waals surface area contributed by atoms with Crippen LogP contribution in [0.15, 0.2) is 51.4 Å². The number of nitrogens with zero attached hydrogens (tertiary/aromatic N) is 6. The van der Waals surface area contributed by atoms with Crippen LogP contribution in [0.4, 0.5) is 23.1 Å². The second-order valence-electron chi connectivity index (χ2n) is 8.34. The summed E-state index contributed by atoms with van der Waals surface area (Å²) in [6.45, 7) is 12.6. The number of H-pyrrole nitrogens is 1. The van der Waals surface area contributed by atoms with Gasteiger partial charge in [0.1, 0.15) is 18.2 Å². The van der Waals surface area contributed by atoms with Gasteiger partial charge in [0.25, 0.3) is 0 Å². The van der Waals surface area contributed by atoms with E-state index >= 15 is 0 Å². The maximum absolute atomic E-state index is 11.7. The van der Waals surface area contributed by atoms with Gasteiger partial charge in [-0.3, -0.25) is 19.8 Å². The Morgan fingerprint density at radius 3 is 2.57 bits per heavy atom. The lowest BCUT2D eigenvalue weighted by atomic mass is 10.3. The predicted octanol–water partition coefficient (Wildman–Crippen LogP) is 3.57. The molecule has 0 bridgehead atoms. The number of aliphatic imine (C=N–C) groups is 1. The summed E-state index contributed by atoms with van der Waals surface area (Å²) < 4.78 is 0. The minimum absolute atomic E-state index is 0.0368. The first-order valence-corrected chi connectivity index (χ1v) is 12.5. The number of aromatic amines is 1. The molecular weight excluding hydrogens is 462 g/mol. The van der Waals surface area contributed by atoms with Gasteiger partial charge in [0.15, 0.2) is 11.0 Å². The number of amides is 1. The van der Waals surface area contributed by atoms with Crippen LogP contribution in [-0.4, -0.2) is 77.0 Å². The first kappa shape index (κ1) is 24.7. The third-order valence-corrected chi connectivity index (χ3v) is 6.37. The van der Waals surface area contributed by atoms with E-state index in [0.717, 1.165) is 49.1 Å². The van der Waals surface area contributed by atoms with E-state index < -0.39 is 0 Å². The van der Waals surface area contributed by atoms with Gasteiger partial charge in [-0.05, 0) is 62.6 Å². The van der Waals surface area contributed by atoms with Crippen molar-refractivity contribution in [1.29, 1.82) is 0 Å². The van der Waals surface area contributed by atoms with Gasteiger partial charge in [0, 0.05) is 54.6 Å². The highest BCUT2D eigenvalue weighted by molar-refractivity contribution is 7.99. The third-order valence-electron chi connectivity index (χ3n) is 5.49. The molecule has 11 heteroatoms. The zero-order chi connectivity index (χ0) is 24.6. The topological polar surface area (TPSA) is 114 Å². The first-order valence-electron chi connectivity index (χ1n) is 11.7. The van der Waals surface area contributed by atoms with Crippen LogP contribution in [0.5, 0.6) is 0 Å². The van der Waals surface area contributed by atoms with Crippen LogP contribution in [0.1, 0.15) is 19.0 Å². The normalized spacial score (nSPS) is 14.1. The van der Waals surface area contributed by atoms with Gasteiger partial charge in [-0.15, -0.1) is 0 Å². The highest BCUT2D eigenvalue weighted by Gasteiger charge is 2.19. The average molecular weight is 494 g/mol. The minimum Gasteiger partial charge on any atom is -0.354 e. The Labute approximate surface area is 209 Å². The summed E-state index contributed by atoms with van der Waals surface area (Å²) >= 11 is 1.47. The highest BCUT2D eigenvalue weighted by atomic mass is 32.2. The minimum atomic E-state index is -0.195. The second-order valence-corrected chi connectivity index (χ2v) is 9.38. The van der Waals surface area contributed by atoms with Gasteiger partial charge < -0.3 is 15.5 Å². The molecule has 0 spiro atoms. The molecule has 2 aromatic heterocycles. The molecule has 1 aliphatic rings. The summed E-state index contributed by atoms with van der Waals surface area (Å²) in [6, 6.07) is 11.5. The van der Waals surface area contributed by atoms with Crippen LogP contribution >= 0.6 is 11.8 Å². The Hall–Kier alpha value is -3.44. The molecule has 35 heavy (non-hydrogen) atoms. The van der Waals surface area contributed by atoms with E-state index in [1.54, 1.807) is 0 Å². The molecule has 3 heterocycles. The molecule has 4 rings (SSSR count). The number of carbonyl (C=O) groups is 1. The lowest BCUT2D eigenvalue weighted by Crippen LogP contribution is -2.46. The van der Waals surface area contributed by atoms with E-state index in [9.17, 15) is 4.79 Å². The molecule has 0 aliphatic carbocycles. The molecule has 1 aromatic carbocycles. The molecule has 10 nitrogen and oxygen atoms in total. The molecular formula is C24H31N9OS. The quantitative estimate of drug-likeness (QED) is 0.290. The highest BCUT2D eigenvalue weighted by Crippen LogP contribution is 2.30. The molecule has 0 saturated carbocycles. The van der Waals surface area contributed by atoms with Crippen LogP contribution in [0.2, 0.25) is 0 Å². The zero-order valence-electron chi connectivity index (χ0n) is 20.1. The van der Waals surface area contributed by atoms with E-state index in [1.807, 2.05) is 43.3 Å². The first-order chi connectivity index (χ1) is 17.0. The summed E-state index contributed by atoms with van der Waals surface area (Å²) in [7, 11) is 0. The fraction of sp³-hybridized carbons (Fsp3) is 0.375. The predicted molar refractivity (Wildman–Crippen MR) is 141 cm³/mol. The molecule has 1 saturated heterocycles. The standard InChI is InChI=1S/C24H31N9OS/c1-4-9-32-10-12-33(13-11-32)22-15-20(27-21-14-17(2)30-31-21)28-24(29-22)35-19-7-5-18(6-8-19)26-23(34)16-25-3/h5-8,14-15H,3-4,9-13,16H2,1-2H3,(H,26,34)(H2,27,28,29,30,31). The smallest absolute Gasteiger partial charge is 0.245 e. The molecule has 1 fully saturated rings. The van der Waals surface area contributed by atoms with E-state index in [4.69, 9.17) is 9.97 Å². The number of rotatable bonds is 10. The van der Waals surface area contributed by atoms with Crippen molar-refractivity contribution in [1.82, 2.24) is 25.1 Å². The number of hydrogen-bond acceptors (Lipinski definition) is 9. The van der Waals surface area contributed by atoms with Gasteiger partial charge in [-0.1, -0.05) is 6.92 Å². The van der Waals surface area contributed by atoms with Crippen molar-refractivity contribution in [3.8, 4) is 0 Å². The van der Waals surface area contributed by atoms with Gasteiger partial charge in [0.05, 0.1) is 0 Å². The maximum atomic E-state index is 11.7. The maximum Gasteiger partial charge on any atom is 0.245 e. The molecule has 0 atom stereocenters. The fourth-order valence-corrected chi connectivity index (χ4v) is 4.59. The van der Waals surface area contributed by atoms with Crippen molar-refractivity contribution in [2.75, 3.05) is 54.8 Å². The molecule has 3 aromatic rings. The molecule has 3 N–H and O–H groups in total. The molecule has 1 aliphatic heterocycles. The molecule has 0 radical (unpaired) electrons. The third kappa shape index (κ3) is 7.03. The van der Waals surface area contributed by atoms with Crippen LogP contribution < -0.4 is 15.5 Å². The summed E-state index contributed by atoms with van der Waals surface area (Å²) in [5.74, 6) is 2.11. The van der Waals surface area contributed by atoms with Gasteiger partial charge in [-0.2, -0.15) is 5.10 Å². The Morgan fingerprint density at radius 1 is 1.14 bits per heavy atom. The number of anilines is 4. The Morgan fingerprint density at radius 2 is 1.91 bits per heavy atom. The van der Waals surface area contributed by atoms with Crippen molar-refractivity contribution >= 4 is 47.5 Å². The lowest BCUT2D eigenvalue weighted by Gasteiger charge is -2.35. The number of nitrogens with one attached hydrogen (secondary N) is 3. The summed E-state index contributed by atoms with van der Waals surface area (Å²) in [5.41, 5.74) is 1.68. The summed E-state index contributed by atoms with van der Waals surface area (Å²) in [4.78, 5) is 30.7. The average Bonchev–Trinajstić information content (AvgIpc) is 3.25. The Bertz CT molecular complexity index is 1140. The SMILES string of the molecule is C=NCC(=O)Nc1ccc(Sc2nc(Nc3cc(C)[nH]n3)cc(N3CCN(CCC)CC3)n2)cc1. The van der Waals surface area contributed by atoms with Crippen molar-refractivity contribution in [2.45, 2.75) is 30.3 Å². The van der Waals surface area contributed by atoms with E-state index in [-0.39, 0.29) is 12.5 Å². The molecule has 0 unspecified atom stereocenters. The second kappa shape index (κ2) is 11.8. The fourth-order valence-electron chi connectivity index (χ4n) is 3.83. The number of aryl methyl sites for hydroxylation is 1. The van der Waals surface area contributed by atoms with Crippen molar-refractivity contribution < 1.29 is 4.79 Å². The van der Waals surface area contributed by atoms with Gasteiger partial charge in [0.2, 0.25) is 5.91 Å². The lowest BCUT2D eigenvalue weighted by molar-refractivity contribution is -0.114. The monoisotopic (exact) mass is 493 g/mol. The number of hydrogen-bond donors (Lipinski definition) is 3. The Balaban J connectivity index is 1.52. The van der Waals surface area contributed by atoms with Crippen LogP contribution in [0.3, 0.4) is 0 Å². The van der Waals surface area contributed by atoms with E-state index in [2.05, 4.69) is 49.3 Å². The van der Waals surface area contributed by atoms with Crippen molar-refractivity contribution in [2.24, 2.45) is 4.99 Å². The van der Waals surface area contributed by atoms with Crippen LogP contribution in [0, 0.1) is 6.92 Å². The molecule has 184 valence electrons. The van der Waals surface area contributed by atoms with E-state index in [1.165, 1.54) is 18.2 Å². The number of benzene rings is 1. The van der Waals surface area contributed by atoms with Gasteiger partial charge >= 0.3 is 0 Å². The zero-order valence-corrected chi connectivity index (χ0v) is 20.9. The number of carbonyl (C=O) groups excluding carboxylic acids is 1. The number of aromatic nitrogens is 4. The summed E-state index contributed by atoms with van der Waals surface area (Å²) in [5, 5.41) is 14.0. The van der Waals surface area contributed by atoms with Crippen molar-refractivity contribution in [3.05, 3.63) is 42.1 Å². The van der Waals surface area contributed by atoms with Gasteiger partial charge in [-0.25, -0.2) is 9.97 Å². The van der Waals surface area contributed by atoms with Crippen LogP contribution in [0.25, 0.3) is 0 Å². The molecule has 1 amide bonds. The van der Waals surface area contributed by atoms with E-state index in [0.29, 0.717) is 22.5 Å². The largest absolute Gasteiger partial charge is 0.354 e.